The Morgan fingerprint density at radius 1 is 0.875 bits per heavy atom. The minimum Gasteiger partial charge on any atom is -0.388 e. The van der Waals surface area contributed by atoms with Crippen LogP contribution in [-0.4, -0.2) is 40.1 Å². The van der Waals surface area contributed by atoms with E-state index in [4.69, 9.17) is 14.2 Å². The Morgan fingerprint density at radius 3 is 2.06 bits per heavy atom. The van der Waals surface area contributed by atoms with E-state index in [1.54, 1.807) is 0 Å². The van der Waals surface area contributed by atoms with Crippen LogP contribution in [0.1, 0.15) is 17.4 Å². The van der Waals surface area contributed by atoms with Crippen LogP contribution in [0, 0.1) is 5.92 Å². The number of nitrogens with one attached hydrogen (secondary N) is 1. The van der Waals surface area contributed by atoms with E-state index in [1.807, 2.05) is 60.7 Å². The number of ether oxygens (including phenoxy) is 3. The van der Waals surface area contributed by atoms with Crippen molar-refractivity contribution in [1.82, 2.24) is 9.55 Å². The number of aromatic nitrogens is 2. The molecule has 1 saturated heterocycles. The molecule has 32 heavy (non-hydrogen) atoms. The third kappa shape index (κ3) is 5.41. The number of hydrogen-bond donors (Lipinski definition) is 2. The second-order valence-corrected chi connectivity index (χ2v) is 7.74. The summed E-state index contributed by atoms with van der Waals surface area (Å²) in [5.74, 6) is -0.418. The number of aliphatic hydroxyl groups is 1. The van der Waals surface area contributed by atoms with E-state index in [1.165, 1.54) is 16.8 Å². The molecule has 0 spiro atoms. The van der Waals surface area contributed by atoms with Gasteiger partial charge in [-0.15, -0.1) is 0 Å². The fourth-order valence-corrected chi connectivity index (χ4v) is 3.77. The number of nitrogens with zero attached hydrogens (tertiary/aromatic N) is 1. The number of hydrogen-bond acceptors (Lipinski definition) is 6. The van der Waals surface area contributed by atoms with E-state index in [-0.39, 0.29) is 13.2 Å². The molecule has 2 heterocycles. The summed E-state index contributed by atoms with van der Waals surface area (Å²) in [4.78, 5) is 25.8. The van der Waals surface area contributed by atoms with Crippen molar-refractivity contribution in [3.63, 3.8) is 0 Å². The first-order valence-corrected chi connectivity index (χ1v) is 10.5. The summed E-state index contributed by atoms with van der Waals surface area (Å²) in [6.45, 7) is 1.24. The molecule has 0 bridgehead atoms. The molecule has 1 aliphatic rings. The smallest absolute Gasteiger partial charge is 0.330 e. The standard InChI is InChI=1S/C24H26N2O6/c27-21-11-12-26(24(29)25-21)23-22(28)19(15-30-13-17-7-3-1-4-8-17)20(32-23)16-31-14-18-9-5-2-6-10-18/h1-12,19-20,22-23,28H,13-16H2,(H,25,27,29)/t19-,20-,22-,23-/m1/s1. The van der Waals surface area contributed by atoms with Crippen LogP contribution >= 0.6 is 0 Å². The van der Waals surface area contributed by atoms with Crippen molar-refractivity contribution in [3.05, 3.63) is 105 Å². The third-order valence-electron chi connectivity index (χ3n) is 5.46. The van der Waals surface area contributed by atoms with Crippen LogP contribution in [-0.2, 0) is 27.4 Å². The van der Waals surface area contributed by atoms with Gasteiger partial charge in [0.05, 0.1) is 32.5 Å². The summed E-state index contributed by atoms with van der Waals surface area (Å²) in [6.07, 6.45) is -1.13. The summed E-state index contributed by atoms with van der Waals surface area (Å²) < 4.78 is 18.9. The predicted octanol–water partition coefficient (Wildman–Crippen LogP) is 1.84. The first-order chi connectivity index (χ1) is 15.6. The highest BCUT2D eigenvalue weighted by atomic mass is 16.6. The van der Waals surface area contributed by atoms with Gasteiger partial charge in [-0.05, 0) is 11.1 Å². The molecule has 8 nitrogen and oxygen atoms in total. The summed E-state index contributed by atoms with van der Waals surface area (Å²) >= 11 is 0. The Labute approximate surface area is 185 Å². The second-order valence-electron chi connectivity index (χ2n) is 7.74. The molecule has 3 aromatic rings. The summed E-state index contributed by atoms with van der Waals surface area (Å²) in [7, 11) is 0. The van der Waals surface area contributed by atoms with Crippen molar-refractivity contribution >= 4 is 0 Å². The van der Waals surface area contributed by atoms with Gasteiger partial charge in [-0.1, -0.05) is 60.7 Å². The fraction of sp³-hybridized carbons (Fsp3) is 0.333. The van der Waals surface area contributed by atoms with Gasteiger partial charge in [0.2, 0.25) is 0 Å². The lowest BCUT2D eigenvalue weighted by Gasteiger charge is -2.20. The lowest BCUT2D eigenvalue weighted by molar-refractivity contribution is -0.0694. The number of rotatable bonds is 9. The van der Waals surface area contributed by atoms with E-state index in [0.717, 1.165) is 11.1 Å². The highest BCUT2D eigenvalue weighted by molar-refractivity contribution is 5.14. The number of aliphatic hydroxyl groups excluding tert-OH is 1. The van der Waals surface area contributed by atoms with Crippen LogP contribution in [0.2, 0.25) is 0 Å². The minimum atomic E-state index is -1.01. The van der Waals surface area contributed by atoms with Crippen LogP contribution in [0.5, 0.6) is 0 Å². The van der Waals surface area contributed by atoms with Gasteiger partial charge in [0.15, 0.2) is 6.23 Å². The molecule has 0 aliphatic carbocycles. The van der Waals surface area contributed by atoms with Crippen molar-refractivity contribution in [3.8, 4) is 0 Å². The molecule has 8 heteroatoms. The number of aromatic amines is 1. The predicted molar refractivity (Wildman–Crippen MR) is 117 cm³/mol. The largest absolute Gasteiger partial charge is 0.388 e. The highest BCUT2D eigenvalue weighted by Crippen LogP contribution is 2.34. The molecule has 4 atom stereocenters. The maximum atomic E-state index is 12.2. The molecule has 0 radical (unpaired) electrons. The normalized spacial score (nSPS) is 22.8. The molecule has 2 N–H and O–H groups in total. The Balaban J connectivity index is 1.45. The van der Waals surface area contributed by atoms with Gasteiger partial charge in [0, 0.05) is 18.2 Å². The Morgan fingerprint density at radius 2 is 1.47 bits per heavy atom. The van der Waals surface area contributed by atoms with E-state index >= 15 is 0 Å². The van der Waals surface area contributed by atoms with Gasteiger partial charge in [-0.2, -0.15) is 0 Å². The van der Waals surface area contributed by atoms with Crippen LogP contribution < -0.4 is 11.2 Å². The number of H-pyrrole nitrogens is 1. The lowest BCUT2D eigenvalue weighted by Crippen LogP contribution is -2.37. The van der Waals surface area contributed by atoms with Crippen LogP contribution in [0.15, 0.2) is 82.5 Å². The van der Waals surface area contributed by atoms with Crippen molar-refractivity contribution in [1.29, 1.82) is 0 Å². The maximum absolute atomic E-state index is 12.2. The van der Waals surface area contributed by atoms with Gasteiger partial charge in [0.25, 0.3) is 5.56 Å². The first-order valence-electron chi connectivity index (χ1n) is 10.5. The van der Waals surface area contributed by atoms with E-state index in [9.17, 15) is 14.7 Å². The van der Waals surface area contributed by atoms with Crippen LogP contribution in [0.25, 0.3) is 0 Å². The van der Waals surface area contributed by atoms with Gasteiger partial charge in [0.1, 0.15) is 6.10 Å². The monoisotopic (exact) mass is 438 g/mol. The zero-order chi connectivity index (χ0) is 22.3. The molecule has 1 aliphatic heterocycles. The molecule has 0 saturated carbocycles. The molecule has 168 valence electrons. The van der Waals surface area contributed by atoms with Gasteiger partial charge in [-0.25, -0.2) is 4.79 Å². The molecule has 4 rings (SSSR count). The van der Waals surface area contributed by atoms with Gasteiger partial charge in [-0.3, -0.25) is 14.3 Å². The molecular formula is C24H26N2O6. The van der Waals surface area contributed by atoms with Crippen molar-refractivity contribution < 1.29 is 19.3 Å². The van der Waals surface area contributed by atoms with Gasteiger partial charge < -0.3 is 19.3 Å². The highest BCUT2D eigenvalue weighted by Gasteiger charge is 2.45. The SMILES string of the molecule is O=c1ccn([C@@H]2O[C@H](COCc3ccccc3)[C@@H](COCc3ccccc3)[C@H]2O)c(=O)[nH]1. The van der Waals surface area contributed by atoms with Crippen molar-refractivity contribution in [2.24, 2.45) is 5.92 Å². The summed E-state index contributed by atoms with van der Waals surface area (Å²) in [6, 6.07) is 20.7. The van der Waals surface area contributed by atoms with Crippen molar-refractivity contribution in [2.75, 3.05) is 13.2 Å². The molecule has 1 aromatic heterocycles. The zero-order valence-corrected chi connectivity index (χ0v) is 17.5. The van der Waals surface area contributed by atoms with Gasteiger partial charge >= 0.3 is 5.69 Å². The third-order valence-corrected chi connectivity index (χ3v) is 5.46. The molecule has 0 unspecified atom stereocenters. The molecule has 0 amide bonds. The average Bonchev–Trinajstić information content (AvgIpc) is 3.10. The summed E-state index contributed by atoms with van der Waals surface area (Å²) in [5, 5.41) is 11.0. The topological polar surface area (TPSA) is 103 Å². The zero-order valence-electron chi connectivity index (χ0n) is 17.5. The van der Waals surface area contributed by atoms with Crippen LogP contribution in [0.3, 0.4) is 0 Å². The Hall–Kier alpha value is -3.04. The van der Waals surface area contributed by atoms with E-state index in [0.29, 0.717) is 13.2 Å². The molecular weight excluding hydrogens is 412 g/mol. The lowest BCUT2D eigenvalue weighted by atomic mass is 9.99. The second kappa shape index (κ2) is 10.5. The quantitative estimate of drug-likeness (QED) is 0.529. The molecule has 2 aromatic carbocycles. The van der Waals surface area contributed by atoms with E-state index < -0.39 is 35.6 Å². The first kappa shape index (κ1) is 22.2. The average molecular weight is 438 g/mol. The maximum Gasteiger partial charge on any atom is 0.330 e. The fourth-order valence-electron chi connectivity index (χ4n) is 3.77. The Bertz CT molecular complexity index is 1100. The molecule has 1 fully saturated rings. The number of benzene rings is 2. The Kier molecular flexibility index (Phi) is 7.28. The van der Waals surface area contributed by atoms with Crippen LogP contribution in [0.4, 0.5) is 0 Å². The van der Waals surface area contributed by atoms with E-state index in [2.05, 4.69) is 4.98 Å². The summed E-state index contributed by atoms with van der Waals surface area (Å²) in [5.41, 5.74) is 0.892. The van der Waals surface area contributed by atoms with Crippen molar-refractivity contribution in [2.45, 2.75) is 31.6 Å². The minimum absolute atomic E-state index is 0.222.